The summed E-state index contributed by atoms with van der Waals surface area (Å²) in [4.78, 5) is 0.0926. The van der Waals surface area contributed by atoms with Gasteiger partial charge in [0.25, 0.3) is 0 Å². The lowest BCUT2D eigenvalue weighted by Gasteiger charge is -2.25. The van der Waals surface area contributed by atoms with Crippen molar-refractivity contribution in [2.24, 2.45) is 0 Å². The Hall–Kier alpha value is -1.31. The van der Waals surface area contributed by atoms with E-state index in [1.807, 2.05) is 0 Å². The molecule has 0 unspecified atom stereocenters. The van der Waals surface area contributed by atoms with E-state index < -0.39 is 15.6 Å². The average Bonchev–Trinajstić information content (AvgIpc) is 2.27. The fourth-order valence-electron chi connectivity index (χ4n) is 1.69. The van der Waals surface area contributed by atoms with E-state index in [1.54, 1.807) is 13.8 Å². The molecule has 0 fully saturated rings. The fourth-order valence-corrected chi connectivity index (χ4v) is 3.13. The van der Waals surface area contributed by atoms with Crippen molar-refractivity contribution in [1.29, 1.82) is 0 Å². The van der Waals surface area contributed by atoms with E-state index in [-0.39, 0.29) is 17.2 Å². The third kappa shape index (κ3) is 4.09. The zero-order valence-corrected chi connectivity index (χ0v) is 12.4. The predicted molar refractivity (Wildman–Crippen MR) is 73.7 cm³/mol. The van der Waals surface area contributed by atoms with Crippen LogP contribution in [-0.4, -0.2) is 34.8 Å². The van der Waals surface area contributed by atoms with Gasteiger partial charge in [0.15, 0.2) is 0 Å². The van der Waals surface area contributed by atoms with Crippen molar-refractivity contribution in [2.75, 3.05) is 26.6 Å². The summed E-state index contributed by atoms with van der Waals surface area (Å²) in [6.07, 6.45) is 0. The second-order valence-corrected chi connectivity index (χ2v) is 6.51. The Labute approximate surface area is 113 Å². The maximum absolute atomic E-state index is 12.2. The Morgan fingerprint density at radius 1 is 1.32 bits per heavy atom. The minimum atomic E-state index is -3.65. The minimum absolute atomic E-state index is 0.0926. The molecule has 0 aliphatic heterocycles. The number of methoxy groups -OCH3 is 2. The molecular formula is C12H20N2O4S. The molecule has 0 saturated heterocycles. The van der Waals surface area contributed by atoms with E-state index in [2.05, 4.69) is 4.72 Å². The van der Waals surface area contributed by atoms with Crippen LogP contribution in [0.2, 0.25) is 0 Å². The normalized spacial score (nSPS) is 12.4. The number of nitrogens with one attached hydrogen (secondary N) is 1. The number of benzene rings is 1. The molecular weight excluding hydrogens is 268 g/mol. The van der Waals surface area contributed by atoms with Crippen LogP contribution in [0.1, 0.15) is 13.8 Å². The third-order valence-electron chi connectivity index (χ3n) is 2.43. The number of nitrogens with two attached hydrogens (primary N) is 1. The van der Waals surface area contributed by atoms with Crippen LogP contribution in [0.3, 0.4) is 0 Å². The van der Waals surface area contributed by atoms with Crippen molar-refractivity contribution in [2.45, 2.75) is 24.3 Å². The van der Waals surface area contributed by atoms with Crippen LogP contribution in [0, 0.1) is 0 Å². The van der Waals surface area contributed by atoms with Crippen LogP contribution >= 0.6 is 0 Å². The number of anilines is 1. The molecule has 0 spiro atoms. The molecule has 0 aliphatic carbocycles. The number of nitrogen functional groups attached to an aromatic ring is 1. The largest absolute Gasteiger partial charge is 0.495 e. The minimum Gasteiger partial charge on any atom is -0.495 e. The average molecular weight is 288 g/mol. The Balaban J connectivity index is 3.04. The molecule has 0 radical (unpaired) electrons. The first kappa shape index (κ1) is 15.7. The van der Waals surface area contributed by atoms with E-state index >= 15 is 0 Å². The highest BCUT2D eigenvalue weighted by Gasteiger charge is 2.26. The van der Waals surface area contributed by atoms with Crippen molar-refractivity contribution in [3.63, 3.8) is 0 Å². The van der Waals surface area contributed by atoms with Gasteiger partial charge in [-0.15, -0.1) is 0 Å². The monoisotopic (exact) mass is 288 g/mol. The molecule has 3 N–H and O–H groups in total. The van der Waals surface area contributed by atoms with Crippen molar-refractivity contribution < 1.29 is 17.9 Å². The molecule has 0 aliphatic rings. The molecule has 19 heavy (non-hydrogen) atoms. The molecule has 6 nitrogen and oxygen atoms in total. The summed E-state index contributed by atoms with van der Waals surface area (Å²) in [6, 6.07) is 4.33. The molecule has 0 aromatic heterocycles. The lowest BCUT2D eigenvalue weighted by molar-refractivity contribution is 0.141. The smallest absolute Gasteiger partial charge is 0.241 e. The number of ether oxygens (including phenoxy) is 2. The molecule has 0 saturated carbocycles. The van der Waals surface area contributed by atoms with E-state index in [0.29, 0.717) is 5.75 Å². The second-order valence-electron chi connectivity index (χ2n) is 4.83. The quantitative estimate of drug-likeness (QED) is 0.761. The highest BCUT2D eigenvalue weighted by Crippen LogP contribution is 2.24. The van der Waals surface area contributed by atoms with Crippen LogP contribution in [0.15, 0.2) is 23.1 Å². The number of sulfonamides is 1. The van der Waals surface area contributed by atoms with Gasteiger partial charge < -0.3 is 15.2 Å². The maximum Gasteiger partial charge on any atom is 0.241 e. The first-order chi connectivity index (χ1) is 8.72. The van der Waals surface area contributed by atoms with E-state index in [4.69, 9.17) is 15.2 Å². The number of hydrogen-bond donors (Lipinski definition) is 2. The van der Waals surface area contributed by atoms with Gasteiger partial charge in [-0.3, -0.25) is 0 Å². The fraction of sp³-hybridized carbons (Fsp3) is 0.500. The molecule has 1 aromatic carbocycles. The van der Waals surface area contributed by atoms with Gasteiger partial charge in [-0.25, -0.2) is 13.1 Å². The Kier molecular flexibility index (Phi) is 4.78. The van der Waals surface area contributed by atoms with E-state index in [0.717, 1.165) is 0 Å². The molecule has 7 heteroatoms. The third-order valence-corrected chi connectivity index (χ3v) is 4.12. The lowest BCUT2D eigenvalue weighted by atomic mass is 10.1. The summed E-state index contributed by atoms with van der Waals surface area (Å²) in [5.74, 6) is 0.440. The summed E-state index contributed by atoms with van der Waals surface area (Å²) in [5.41, 5.74) is 5.28. The lowest BCUT2D eigenvalue weighted by Crippen LogP contribution is -2.46. The molecule has 1 aromatic rings. The first-order valence-electron chi connectivity index (χ1n) is 5.68. The Morgan fingerprint density at radius 3 is 2.42 bits per heavy atom. The molecule has 108 valence electrons. The van der Waals surface area contributed by atoms with Crippen molar-refractivity contribution >= 4 is 15.7 Å². The van der Waals surface area contributed by atoms with Crippen LogP contribution in [0.25, 0.3) is 0 Å². The Morgan fingerprint density at radius 2 is 1.95 bits per heavy atom. The van der Waals surface area contributed by atoms with Gasteiger partial charge in [-0.1, -0.05) is 0 Å². The first-order valence-corrected chi connectivity index (χ1v) is 7.16. The van der Waals surface area contributed by atoms with Gasteiger partial charge in [-0.2, -0.15) is 0 Å². The van der Waals surface area contributed by atoms with Crippen LogP contribution in [0.5, 0.6) is 5.75 Å². The van der Waals surface area contributed by atoms with Gasteiger partial charge >= 0.3 is 0 Å². The van der Waals surface area contributed by atoms with E-state index in [1.165, 1.54) is 32.4 Å². The molecule has 0 bridgehead atoms. The molecule has 1 rings (SSSR count). The summed E-state index contributed by atoms with van der Waals surface area (Å²) >= 11 is 0. The summed E-state index contributed by atoms with van der Waals surface area (Å²) in [7, 11) is -0.666. The summed E-state index contributed by atoms with van der Waals surface area (Å²) < 4.78 is 37.0. The van der Waals surface area contributed by atoms with Crippen LogP contribution in [-0.2, 0) is 14.8 Å². The number of hydrogen-bond acceptors (Lipinski definition) is 5. The maximum atomic E-state index is 12.2. The number of rotatable bonds is 6. The highest BCUT2D eigenvalue weighted by atomic mass is 32.2. The van der Waals surface area contributed by atoms with Crippen molar-refractivity contribution in [1.82, 2.24) is 4.72 Å². The van der Waals surface area contributed by atoms with Gasteiger partial charge in [-0.05, 0) is 32.0 Å². The highest BCUT2D eigenvalue weighted by molar-refractivity contribution is 7.89. The molecule has 0 heterocycles. The van der Waals surface area contributed by atoms with E-state index in [9.17, 15) is 8.42 Å². The summed E-state index contributed by atoms with van der Waals surface area (Å²) in [6.45, 7) is 3.74. The van der Waals surface area contributed by atoms with Crippen LogP contribution < -0.4 is 15.2 Å². The Bertz CT molecular complexity index is 541. The zero-order valence-electron chi connectivity index (χ0n) is 11.6. The molecule has 0 atom stereocenters. The predicted octanol–water partition coefficient (Wildman–Crippen LogP) is 0.981. The topological polar surface area (TPSA) is 90.6 Å². The summed E-state index contributed by atoms with van der Waals surface area (Å²) in [5, 5.41) is 0. The second kappa shape index (κ2) is 5.77. The van der Waals surface area contributed by atoms with Gasteiger partial charge in [0.1, 0.15) is 5.75 Å². The van der Waals surface area contributed by atoms with Gasteiger partial charge in [0, 0.05) is 7.11 Å². The zero-order chi connectivity index (χ0) is 14.7. The van der Waals surface area contributed by atoms with Crippen molar-refractivity contribution in [3.05, 3.63) is 18.2 Å². The van der Waals surface area contributed by atoms with Crippen molar-refractivity contribution in [3.8, 4) is 5.75 Å². The van der Waals surface area contributed by atoms with Gasteiger partial charge in [0.2, 0.25) is 10.0 Å². The SMILES string of the molecule is COCC(C)(C)NS(=O)(=O)c1ccc(OC)c(N)c1. The van der Waals surface area contributed by atoms with Gasteiger partial charge in [0.05, 0.1) is 29.8 Å². The standard InChI is InChI=1S/C12H20N2O4S/c1-12(2,8-17-3)14-19(15,16)9-5-6-11(18-4)10(13)7-9/h5-7,14H,8,13H2,1-4H3. The molecule has 0 amide bonds. The van der Waals surface area contributed by atoms with Crippen LogP contribution in [0.4, 0.5) is 5.69 Å².